The van der Waals surface area contributed by atoms with E-state index in [1.807, 2.05) is 11.8 Å². The number of rotatable bonds is 8. The van der Waals surface area contributed by atoms with Gasteiger partial charge < -0.3 is 10.1 Å². The van der Waals surface area contributed by atoms with Gasteiger partial charge in [0.25, 0.3) is 0 Å². The zero-order valence-corrected chi connectivity index (χ0v) is 11.5. The Morgan fingerprint density at radius 1 is 1.50 bits per heavy atom. The molecule has 1 N–H and O–H groups in total. The van der Waals surface area contributed by atoms with Crippen molar-refractivity contribution in [1.29, 1.82) is 0 Å². The van der Waals surface area contributed by atoms with Gasteiger partial charge in [-0.3, -0.25) is 4.90 Å². The number of ether oxygens (including phenoxy) is 1. The average Bonchev–Trinajstić information content (AvgIpc) is 2.32. The average molecular weight is 246 g/mol. The summed E-state index contributed by atoms with van der Waals surface area (Å²) in [4.78, 5) is 2.59. The predicted octanol–water partition coefficient (Wildman–Crippen LogP) is 1.44. The van der Waals surface area contributed by atoms with Crippen LogP contribution < -0.4 is 5.32 Å². The maximum Gasteiger partial charge on any atom is 0.0634 e. The zero-order chi connectivity index (χ0) is 11.6. The van der Waals surface area contributed by atoms with Crippen molar-refractivity contribution in [3.05, 3.63) is 0 Å². The lowest BCUT2D eigenvalue weighted by atomic mass is 10.2. The highest BCUT2D eigenvalue weighted by molar-refractivity contribution is 7.98. The van der Waals surface area contributed by atoms with Crippen LogP contribution in [0.4, 0.5) is 0 Å². The number of nitrogens with one attached hydrogen (secondary N) is 1. The highest BCUT2D eigenvalue weighted by Crippen LogP contribution is 2.08. The Labute approximate surface area is 104 Å². The Kier molecular flexibility index (Phi) is 8.29. The minimum atomic E-state index is 0.585. The van der Waals surface area contributed by atoms with Gasteiger partial charge >= 0.3 is 0 Å². The number of hydrogen-bond acceptors (Lipinski definition) is 4. The molecule has 0 aromatic carbocycles. The van der Waals surface area contributed by atoms with Crippen LogP contribution in [0.3, 0.4) is 0 Å². The van der Waals surface area contributed by atoms with Crippen molar-refractivity contribution in [2.45, 2.75) is 25.8 Å². The van der Waals surface area contributed by atoms with Crippen LogP contribution in [-0.4, -0.2) is 62.3 Å². The van der Waals surface area contributed by atoms with Crippen molar-refractivity contribution in [1.82, 2.24) is 10.2 Å². The quantitative estimate of drug-likeness (QED) is 0.655. The van der Waals surface area contributed by atoms with Crippen molar-refractivity contribution >= 4 is 11.8 Å². The van der Waals surface area contributed by atoms with Gasteiger partial charge in [-0.15, -0.1) is 0 Å². The van der Waals surface area contributed by atoms with Crippen molar-refractivity contribution in [2.75, 3.05) is 51.4 Å². The first-order valence-electron chi connectivity index (χ1n) is 6.40. The van der Waals surface area contributed by atoms with Crippen LogP contribution in [0.2, 0.25) is 0 Å². The molecule has 0 aromatic rings. The van der Waals surface area contributed by atoms with E-state index in [1.165, 1.54) is 25.1 Å². The lowest BCUT2D eigenvalue weighted by molar-refractivity contribution is -0.00641. The van der Waals surface area contributed by atoms with E-state index in [0.717, 1.165) is 32.8 Å². The molecule has 1 aliphatic rings. The maximum atomic E-state index is 5.56. The zero-order valence-electron chi connectivity index (χ0n) is 10.7. The molecule has 0 aromatic heterocycles. The third kappa shape index (κ3) is 5.53. The topological polar surface area (TPSA) is 24.5 Å². The van der Waals surface area contributed by atoms with E-state index in [4.69, 9.17) is 4.74 Å². The van der Waals surface area contributed by atoms with Crippen LogP contribution in [0.25, 0.3) is 0 Å². The lowest BCUT2D eigenvalue weighted by Crippen LogP contribution is -2.50. The molecule has 1 fully saturated rings. The van der Waals surface area contributed by atoms with Crippen LogP contribution in [0.15, 0.2) is 0 Å². The van der Waals surface area contributed by atoms with E-state index in [0.29, 0.717) is 6.04 Å². The Hall–Kier alpha value is 0.230. The van der Waals surface area contributed by atoms with E-state index >= 15 is 0 Å². The largest absolute Gasteiger partial charge is 0.378 e. The molecule has 1 saturated heterocycles. The summed E-state index contributed by atoms with van der Waals surface area (Å²) in [5.74, 6) is 1.27. The first kappa shape index (κ1) is 14.3. The van der Waals surface area contributed by atoms with Gasteiger partial charge in [-0.1, -0.05) is 6.92 Å². The van der Waals surface area contributed by atoms with Gasteiger partial charge in [0.15, 0.2) is 0 Å². The molecular formula is C12H26N2OS. The maximum absolute atomic E-state index is 5.56. The molecule has 16 heavy (non-hydrogen) atoms. The van der Waals surface area contributed by atoms with Gasteiger partial charge in [0, 0.05) is 19.1 Å². The number of nitrogens with zero attached hydrogens (tertiary/aromatic N) is 1. The van der Waals surface area contributed by atoms with Crippen molar-refractivity contribution in [2.24, 2.45) is 0 Å². The second kappa shape index (κ2) is 9.28. The van der Waals surface area contributed by atoms with E-state index in [-0.39, 0.29) is 0 Å². The summed E-state index contributed by atoms with van der Waals surface area (Å²) in [5.41, 5.74) is 0. The normalized spacial score (nSPS) is 22.5. The molecule has 0 bridgehead atoms. The Morgan fingerprint density at radius 2 is 2.38 bits per heavy atom. The first-order chi connectivity index (χ1) is 7.88. The van der Waals surface area contributed by atoms with Crippen LogP contribution in [0, 0.1) is 0 Å². The summed E-state index contributed by atoms with van der Waals surface area (Å²) in [7, 11) is 0. The summed E-state index contributed by atoms with van der Waals surface area (Å²) in [6.07, 6.45) is 4.69. The fourth-order valence-corrected chi connectivity index (χ4v) is 2.45. The minimum Gasteiger partial charge on any atom is -0.378 e. The SMILES string of the molecule is CCCNCC1COCCN1CCCSC. The van der Waals surface area contributed by atoms with Gasteiger partial charge in [0.2, 0.25) is 0 Å². The second-order valence-corrected chi connectivity index (χ2v) is 5.30. The highest BCUT2D eigenvalue weighted by atomic mass is 32.2. The molecule has 96 valence electrons. The standard InChI is InChI=1S/C12H26N2OS/c1-3-5-13-10-12-11-15-8-7-14(12)6-4-9-16-2/h12-13H,3-11H2,1-2H3. The molecule has 1 heterocycles. The molecule has 0 radical (unpaired) electrons. The lowest BCUT2D eigenvalue weighted by Gasteiger charge is -2.35. The molecule has 0 amide bonds. The van der Waals surface area contributed by atoms with Crippen LogP contribution >= 0.6 is 11.8 Å². The third-order valence-electron chi connectivity index (χ3n) is 2.95. The van der Waals surface area contributed by atoms with Crippen LogP contribution in [0.5, 0.6) is 0 Å². The smallest absolute Gasteiger partial charge is 0.0634 e. The van der Waals surface area contributed by atoms with Crippen molar-refractivity contribution in [3.8, 4) is 0 Å². The fraction of sp³-hybridized carbons (Fsp3) is 1.00. The Morgan fingerprint density at radius 3 is 3.12 bits per heavy atom. The molecule has 1 atom stereocenters. The van der Waals surface area contributed by atoms with Crippen molar-refractivity contribution < 1.29 is 4.74 Å². The minimum absolute atomic E-state index is 0.585. The van der Waals surface area contributed by atoms with Gasteiger partial charge in [-0.2, -0.15) is 11.8 Å². The first-order valence-corrected chi connectivity index (χ1v) is 7.79. The second-order valence-electron chi connectivity index (χ2n) is 4.32. The van der Waals surface area contributed by atoms with E-state index < -0.39 is 0 Å². The summed E-state index contributed by atoms with van der Waals surface area (Å²) >= 11 is 1.94. The Bertz CT molecular complexity index is 151. The third-order valence-corrected chi connectivity index (χ3v) is 3.65. The molecule has 0 saturated carbocycles. The van der Waals surface area contributed by atoms with E-state index in [9.17, 15) is 0 Å². The van der Waals surface area contributed by atoms with Gasteiger partial charge in [0.1, 0.15) is 0 Å². The molecule has 0 spiro atoms. The molecule has 1 unspecified atom stereocenters. The van der Waals surface area contributed by atoms with Gasteiger partial charge in [-0.05, 0) is 37.9 Å². The van der Waals surface area contributed by atoms with Crippen molar-refractivity contribution in [3.63, 3.8) is 0 Å². The summed E-state index contributed by atoms with van der Waals surface area (Å²) < 4.78 is 5.56. The number of morpholine rings is 1. The number of thioether (sulfide) groups is 1. The highest BCUT2D eigenvalue weighted by Gasteiger charge is 2.21. The predicted molar refractivity (Wildman–Crippen MR) is 72.3 cm³/mol. The molecule has 1 rings (SSSR count). The number of hydrogen-bond donors (Lipinski definition) is 1. The van der Waals surface area contributed by atoms with E-state index in [1.54, 1.807) is 0 Å². The summed E-state index contributed by atoms with van der Waals surface area (Å²) in [6, 6.07) is 0.585. The monoisotopic (exact) mass is 246 g/mol. The summed E-state index contributed by atoms with van der Waals surface area (Å²) in [6.45, 7) is 8.54. The van der Waals surface area contributed by atoms with Crippen LogP contribution in [-0.2, 0) is 4.74 Å². The fourth-order valence-electron chi connectivity index (χ4n) is 2.03. The molecule has 4 heteroatoms. The molecular weight excluding hydrogens is 220 g/mol. The van der Waals surface area contributed by atoms with Gasteiger partial charge in [-0.25, -0.2) is 0 Å². The molecule has 0 aliphatic carbocycles. The Balaban J connectivity index is 2.20. The van der Waals surface area contributed by atoms with Crippen LogP contribution in [0.1, 0.15) is 19.8 Å². The molecule has 1 aliphatic heterocycles. The van der Waals surface area contributed by atoms with Gasteiger partial charge in [0.05, 0.1) is 13.2 Å². The summed E-state index contributed by atoms with van der Waals surface area (Å²) in [5, 5.41) is 3.50. The molecule has 3 nitrogen and oxygen atoms in total. The van der Waals surface area contributed by atoms with E-state index in [2.05, 4.69) is 23.4 Å².